The van der Waals surface area contributed by atoms with Crippen molar-refractivity contribution in [3.8, 4) is 0 Å². The van der Waals surface area contributed by atoms with Gasteiger partial charge in [0.05, 0.1) is 72.3 Å². The fraction of sp³-hybridized carbons (Fsp3) is 0.825. The predicted molar refractivity (Wildman–Crippen MR) is 468 cm³/mol. The Balaban J connectivity index is 0.000000114. The lowest BCUT2D eigenvalue weighted by molar-refractivity contribution is -0.133. The standard InChI is InChI=1S/C27H40N2O4.C26H40N2O.2C25H38N2O2/c1-4-33-25(31)18-14-28-29(15-18)16-24(30)23-8-7-22-21-6-5-17-13-26(2,32)11-9-19(17)20(21)10-12-27(22,23)3;1-17(16-28-14-11-18(2)27-28)23-7-8-24-22-6-5-19-15-25(3,29)12-9-20(19)21(22)10-13-26(23,24)4;1-16-10-13-26-27(16)15-23(28)22-7-6-21-20-5-4-17-14-24(2,29)11-8-18(17)19(20)9-12-25(21,22)3;1-16-13-26-27(14-16)15-23(28)22-7-6-21-20-5-4-17-12-24(2,29)10-8-18(17)19(20)9-11-25(21,22)3/h14-15,17,19-23,32H,4-13,16H2,1-3H3;11,14,19-24,29H,1,5-10,12-13,15-16H2,2-4H3;10,13,17-22,29H,4-9,11-12,14-15H2,1-3H3;13-14,17-22,29H,4-12,15H2,1-3H3/t17-,19+,20-,21-,22+,23-,26-,27+;19-,20+,21-,22-,23-,24+,25-,26-;2*17-,18+,19-,20-,21+,22-,24-,25+/m1111/s1. The number of ketones is 3. The quantitative estimate of drug-likeness (QED) is 0.0681. The number of aryl methyl sites for hydroxylation is 3. The second kappa shape index (κ2) is 33.6. The number of Topliss-reactive ketones (excluding diaryl/α,β-unsaturated/α-hetero) is 3. The number of aliphatic hydroxyl groups is 4. The van der Waals surface area contributed by atoms with Crippen molar-refractivity contribution in [1.29, 1.82) is 0 Å². The largest absolute Gasteiger partial charge is 0.462 e. The van der Waals surface area contributed by atoms with E-state index in [4.69, 9.17) is 4.74 Å². The monoisotopic (exact) mass is 1650 g/mol. The van der Waals surface area contributed by atoms with E-state index in [0.717, 1.165) is 213 Å². The van der Waals surface area contributed by atoms with Crippen LogP contribution in [0.25, 0.3) is 0 Å². The van der Waals surface area contributed by atoms with E-state index >= 15 is 0 Å². The molecule has 20 rings (SSSR count). The average Bonchev–Trinajstić information content (AvgIpc) is 1.51. The molecule has 0 saturated heterocycles. The number of allylic oxidation sites excluding steroid dienone is 1. The van der Waals surface area contributed by atoms with Crippen LogP contribution in [0.3, 0.4) is 0 Å². The number of ether oxygens (including phenoxy) is 1. The van der Waals surface area contributed by atoms with Crippen molar-refractivity contribution in [2.75, 3.05) is 6.61 Å². The summed E-state index contributed by atoms with van der Waals surface area (Å²) in [4.78, 5) is 51.9. The first kappa shape index (κ1) is 87.0. The highest BCUT2D eigenvalue weighted by atomic mass is 16.5. The highest BCUT2D eigenvalue weighted by Gasteiger charge is 2.64. The predicted octanol–water partition coefficient (Wildman–Crippen LogP) is 20.0. The zero-order chi connectivity index (χ0) is 84.5. The number of nitrogens with zero attached hydrogens (tertiary/aromatic N) is 8. The van der Waals surface area contributed by atoms with Gasteiger partial charge in [0.15, 0.2) is 17.3 Å². The molecule has 0 bridgehead atoms. The summed E-state index contributed by atoms with van der Waals surface area (Å²) in [7, 11) is 0. The Morgan fingerprint density at radius 1 is 0.400 bits per heavy atom. The zero-order valence-corrected chi connectivity index (χ0v) is 76.1. The number of aromatic nitrogens is 8. The summed E-state index contributed by atoms with van der Waals surface area (Å²) in [6.07, 6.45) is 53.9. The lowest BCUT2D eigenvalue weighted by Gasteiger charge is -2.57. The molecule has 4 aromatic heterocycles. The second-order valence-electron chi connectivity index (χ2n) is 46.6. The first-order valence-electron chi connectivity index (χ1n) is 49.4. The Kier molecular flexibility index (Phi) is 24.4. The van der Waals surface area contributed by atoms with Crippen LogP contribution in [-0.4, -0.2) is 112 Å². The van der Waals surface area contributed by atoms with Crippen LogP contribution in [0.2, 0.25) is 0 Å². The third-order valence-electron chi connectivity index (χ3n) is 39.5. The molecule has 16 saturated carbocycles. The molecule has 0 radical (unpaired) electrons. The van der Waals surface area contributed by atoms with Crippen molar-refractivity contribution in [2.24, 2.45) is 164 Å². The van der Waals surface area contributed by atoms with Crippen LogP contribution >= 0.6 is 0 Å². The molecule has 0 aliphatic heterocycles. The van der Waals surface area contributed by atoms with Gasteiger partial charge in [-0.3, -0.25) is 33.1 Å². The highest BCUT2D eigenvalue weighted by molar-refractivity contribution is 5.89. The molecule has 4 N–H and O–H groups in total. The van der Waals surface area contributed by atoms with Gasteiger partial charge in [-0.25, -0.2) is 4.79 Å². The van der Waals surface area contributed by atoms with Crippen LogP contribution in [0.4, 0.5) is 0 Å². The minimum atomic E-state index is -0.471. The molecule has 4 heterocycles. The lowest BCUT2D eigenvalue weighted by Crippen LogP contribution is -2.51. The summed E-state index contributed by atoms with van der Waals surface area (Å²) >= 11 is 0. The number of carbonyl (C=O) groups excluding carboxylic acids is 4. The van der Waals surface area contributed by atoms with E-state index in [1.807, 2.05) is 62.4 Å². The number of fused-ring (bicyclic) bond motifs is 20. The minimum absolute atomic E-state index is 0.0857. The van der Waals surface area contributed by atoms with Gasteiger partial charge in [0, 0.05) is 48.2 Å². The van der Waals surface area contributed by atoms with E-state index < -0.39 is 22.4 Å². The van der Waals surface area contributed by atoms with Crippen molar-refractivity contribution >= 4 is 23.3 Å². The summed E-state index contributed by atoms with van der Waals surface area (Å²) in [5, 5.41) is 59.9. The molecule has 0 spiro atoms. The Labute approximate surface area is 719 Å². The van der Waals surface area contributed by atoms with Gasteiger partial charge in [0.1, 0.15) is 6.54 Å². The zero-order valence-electron chi connectivity index (χ0n) is 76.1. The number of esters is 1. The summed E-state index contributed by atoms with van der Waals surface area (Å²) in [5.41, 5.74) is 4.25. The van der Waals surface area contributed by atoms with Gasteiger partial charge in [0.2, 0.25) is 0 Å². The Morgan fingerprint density at radius 3 is 1.11 bits per heavy atom. The first-order valence-corrected chi connectivity index (χ1v) is 49.4. The molecular weight excluding hydrogens is 1490 g/mol. The molecule has 0 unspecified atom stereocenters. The normalized spacial score (nSPS) is 45.4. The number of hydrogen-bond acceptors (Lipinski definition) is 13. The first-order chi connectivity index (χ1) is 57.0. The molecule has 17 nitrogen and oxygen atoms in total. The molecule has 4 aromatic rings. The number of carbonyl (C=O) groups is 4. The maximum Gasteiger partial charge on any atom is 0.341 e. The van der Waals surface area contributed by atoms with E-state index in [1.54, 1.807) is 24.0 Å². The molecule has 662 valence electrons. The molecule has 120 heavy (non-hydrogen) atoms. The SMILES string of the molecule is C=C(Cn1ccc(C)n1)[C@H]1CC[C@H]2[C@@H]3CC[C@@H]4C[C@](C)(O)CC[C@@H]4[C@H]3CC[C@]12C.CCOC(=O)c1cnn(CC(=O)[C@H]2CC[C@H]3[C@@H]4CC[C@@H]5C[C@](C)(O)CC[C@@H]5[C@H]4CC[C@]23C)c1.Cc1ccnn1CC(=O)[C@H]1CC[C@H]2[C@@H]3CC[C@@H]4C[C@](C)(O)CC[C@@H]4[C@H]3CC[C@]12C.Cc1cnn(CC(=O)[C@H]2CC[C@H]3[C@@H]4CC[C@@H]5C[C@](C)(O)CC[C@@H]5[C@H]4CC[C@]23C)c1. The third-order valence-corrected chi connectivity index (χ3v) is 39.5. The number of rotatable bonds is 14. The third kappa shape index (κ3) is 16.7. The average molecular weight is 1650 g/mol. The van der Waals surface area contributed by atoms with Crippen molar-refractivity contribution < 1.29 is 44.3 Å². The van der Waals surface area contributed by atoms with Gasteiger partial charge < -0.3 is 25.2 Å². The molecule has 16 aliphatic rings. The van der Waals surface area contributed by atoms with Crippen LogP contribution in [-0.2, 0) is 45.3 Å². The van der Waals surface area contributed by atoms with E-state index in [9.17, 15) is 39.6 Å². The smallest absolute Gasteiger partial charge is 0.341 e. The van der Waals surface area contributed by atoms with Gasteiger partial charge in [0.25, 0.3) is 0 Å². The summed E-state index contributed by atoms with van der Waals surface area (Å²) in [6.45, 7) is 32.9. The van der Waals surface area contributed by atoms with Crippen LogP contribution in [0.15, 0.2) is 61.5 Å². The van der Waals surface area contributed by atoms with Gasteiger partial charge >= 0.3 is 5.97 Å². The van der Waals surface area contributed by atoms with E-state index in [2.05, 4.69) is 85.5 Å². The molecule has 0 amide bonds. The molecule has 32 atom stereocenters. The Bertz CT molecular complexity index is 4200. The summed E-state index contributed by atoms with van der Waals surface area (Å²) < 4.78 is 12.4. The molecule has 17 heteroatoms. The van der Waals surface area contributed by atoms with Gasteiger partial charge in [-0.05, 0) is 450 Å². The lowest BCUT2D eigenvalue weighted by atomic mass is 9.49. The van der Waals surface area contributed by atoms with E-state index in [1.165, 1.54) is 159 Å². The van der Waals surface area contributed by atoms with Crippen LogP contribution in [0, 0.1) is 184 Å². The summed E-state index contributed by atoms with van der Waals surface area (Å²) in [5.74, 6) is 17.7. The molecule has 16 fully saturated rings. The van der Waals surface area contributed by atoms with Crippen LogP contribution in [0.1, 0.15) is 321 Å². The van der Waals surface area contributed by atoms with Crippen molar-refractivity contribution in [3.63, 3.8) is 0 Å². The van der Waals surface area contributed by atoms with Crippen molar-refractivity contribution in [3.05, 3.63) is 84.0 Å². The van der Waals surface area contributed by atoms with Gasteiger partial charge in [-0.1, -0.05) is 39.8 Å². The fourth-order valence-corrected chi connectivity index (χ4v) is 34.1. The van der Waals surface area contributed by atoms with Gasteiger partial charge in [-0.2, -0.15) is 20.4 Å². The van der Waals surface area contributed by atoms with Crippen molar-refractivity contribution in [2.45, 2.75) is 363 Å². The fourth-order valence-electron chi connectivity index (χ4n) is 34.1. The maximum absolute atomic E-state index is 13.4. The molecular formula is C103H156N8O9. The topological polar surface area (TPSA) is 230 Å². The van der Waals surface area contributed by atoms with Gasteiger partial charge in [-0.15, -0.1) is 0 Å². The van der Waals surface area contributed by atoms with E-state index in [-0.39, 0.29) is 52.3 Å². The van der Waals surface area contributed by atoms with E-state index in [0.29, 0.717) is 60.0 Å². The Hall–Kier alpha value is -5.10. The molecule has 0 aromatic carbocycles. The Morgan fingerprint density at radius 2 is 0.758 bits per heavy atom. The molecule has 16 aliphatic carbocycles. The second-order valence-corrected chi connectivity index (χ2v) is 46.6. The van der Waals surface area contributed by atoms with Crippen LogP contribution in [0.5, 0.6) is 0 Å². The minimum Gasteiger partial charge on any atom is -0.462 e. The van der Waals surface area contributed by atoms with Crippen LogP contribution < -0.4 is 0 Å². The highest BCUT2D eigenvalue weighted by Crippen LogP contribution is 2.70. The summed E-state index contributed by atoms with van der Waals surface area (Å²) in [6, 6.07) is 4.08. The maximum atomic E-state index is 13.4. The number of hydrogen-bond donors (Lipinski definition) is 4. The van der Waals surface area contributed by atoms with Crippen molar-refractivity contribution in [1.82, 2.24) is 39.1 Å².